The van der Waals surface area contributed by atoms with Crippen molar-refractivity contribution in [2.75, 3.05) is 6.61 Å². The smallest absolute Gasteiger partial charge is 0.344 e. The fourth-order valence-electron chi connectivity index (χ4n) is 4.26. The number of aromatic nitrogens is 4. The molecule has 3 aromatic heterocycles. The van der Waals surface area contributed by atoms with Gasteiger partial charge in [-0.2, -0.15) is 0 Å². The van der Waals surface area contributed by atoms with Crippen LogP contribution in [0.4, 0.5) is 0 Å². The number of carbonyl (C=O) groups is 2. The number of aryl methyl sites for hydroxylation is 3. The van der Waals surface area contributed by atoms with Gasteiger partial charge in [-0.1, -0.05) is 23.4 Å². The summed E-state index contributed by atoms with van der Waals surface area (Å²) in [6.07, 6.45) is 0. The number of nitrogens with zero attached hydrogens (tertiary/aromatic N) is 4. The van der Waals surface area contributed by atoms with E-state index in [2.05, 4.69) is 5.16 Å². The molecular weight excluding hydrogens is 436 g/mol. The Hall–Kier alpha value is -4.14. The van der Waals surface area contributed by atoms with E-state index in [1.165, 1.54) is 0 Å². The Kier molecular flexibility index (Phi) is 5.87. The molecule has 0 saturated heterocycles. The van der Waals surface area contributed by atoms with Crippen LogP contribution >= 0.6 is 0 Å². The van der Waals surface area contributed by atoms with E-state index in [0.717, 1.165) is 17.1 Å². The fourth-order valence-corrected chi connectivity index (χ4v) is 4.26. The molecule has 1 aromatic carbocycles. The number of carbonyl (C=O) groups excluding carboxylic acids is 2. The number of rotatable bonds is 6. The Bertz CT molecular complexity index is 1450. The van der Waals surface area contributed by atoms with Crippen LogP contribution in [-0.4, -0.2) is 37.4 Å². The fraction of sp³-hybridized carbons (Fsp3) is 0.280. The monoisotopic (exact) mass is 462 g/mol. The van der Waals surface area contributed by atoms with Gasteiger partial charge in [0.2, 0.25) is 5.78 Å². The lowest BCUT2D eigenvalue weighted by atomic mass is 10.1. The van der Waals surface area contributed by atoms with Gasteiger partial charge in [-0.05, 0) is 52.8 Å². The highest BCUT2D eigenvalue weighted by Gasteiger charge is 2.25. The predicted octanol–water partition coefficient (Wildman–Crippen LogP) is 3.54. The molecule has 0 N–H and O–H groups in total. The molecule has 9 heteroatoms. The van der Waals surface area contributed by atoms with Crippen molar-refractivity contribution in [1.29, 1.82) is 0 Å². The molecule has 0 aliphatic heterocycles. The summed E-state index contributed by atoms with van der Waals surface area (Å²) in [5.41, 5.74) is 4.10. The van der Waals surface area contributed by atoms with Crippen molar-refractivity contribution < 1.29 is 18.8 Å². The van der Waals surface area contributed by atoms with Gasteiger partial charge < -0.3 is 13.8 Å². The Morgan fingerprint density at radius 1 is 1.03 bits per heavy atom. The van der Waals surface area contributed by atoms with Gasteiger partial charge in [0.25, 0.3) is 5.56 Å². The molecule has 3 heterocycles. The average Bonchev–Trinajstić information content (AvgIpc) is 3.37. The molecule has 0 atom stereocenters. The lowest BCUT2D eigenvalue weighted by molar-refractivity contribution is 0.0472. The summed E-state index contributed by atoms with van der Waals surface area (Å²) in [6, 6.07) is 11.1. The molecule has 0 fully saturated rings. The summed E-state index contributed by atoms with van der Waals surface area (Å²) in [5.74, 6) is -0.693. The van der Waals surface area contributed by atoms with Crippen molar-refractivity contribution in [1.82, 2.24) is 19.1 Å². The first-order valence-corrected chi connectivity index (χ1v) is 10.8. The van der Waals surface area contributed by atoms with E-state index in [0.29, 0.717) is 28.4 Å². The molecule has 0 aliphatic carbocycles. The van der Waals surface area contributed by atoms with Crippen LogP contribution in [-0.2, 0) is 11.8 Å². The summed E-state index contributed by atoms with van der Waals surface area (Å²) in [6.45, 7) is 8.27. The number of para-hydroxylation sites is 1. The number of esters is 1. The Morgan fingerprint density at radius 2 is 1.71 bits per heavy atom. The minimum absolute atomic E-state index is 0.197. The molecule has 4 aromatic rings. The highest BCUT2D eigenvalue weighted by molar-refractivity contribution is 6.01. The molecule has 0 unspecified atom stereocenters. The summed E-state index contributed by atoms with van der Waals surface area (Å²) < 4.78 is 15.4. The van der Waals surface area contributed by atoms with Crippen LogP contribution in [0.1, 0.15) is 49.3 Å². The summed E-state index contributed by atoms with van der Waals surface area (Å²) in [4.78, 5) is 38.8. The topological polar surface area (TPSA) is 101 Å². The number of hydrogen-bond acceptors (Lipinski definition) is 6. The van der Waals surface area contributed by atoms with Gasteiger partial charge in [0.05, 0.1) is 17.1 Å². The van der Waals surface area contributed by atoms with E-state index < -0.39 is 12.6 Å². The van der Waals surface area contributed by atoms with Crippen molar-refractivity contribution in [2.45, 2.75) is 34.6 Å². The zero-order chi connectivity index (χ0) is 24.7. The minimum atomic E-state index is -0.664. The second kappa shape index (κ2) is 8.66. The maximum atomic E-state index is 13.5. The summed E-state index contributed by atoms with van der Waals surface area (Å²) in [7, 11) is 1.82. The van der Waals surface area contributed by atoms with Gasteiger partial charge in [0.15, 0.2) is 6.61 Å². The third-order valence-electron chi connectivity index (χ3n) is 6.05. The Labute approximate surface area is 196 Å². The molecule has 0 aliphatic rings. The van der Waals surface area contributed by atoms with Crippen molar-refractivity contribution in [2.24, 2.45) is 7.05 Å². The second-order valence-electron chi connectivity index (χ2n) is 8.23. The van der Waals surface area contributed by atoms with Gasteiger partial charge in [-0.25, -0.2) is 9.48 Å². The second-order valence-corrected chi connectivity index (χ2v) is 8.23. The maximum absolute atomic E-state index is 13.5. The van der Waals surface area contributed by atoms with E-state index in [4.69, 9.17) is 9.26 Å². The molecule has 0 amide bonds. The molecule has 176 valence electrons. The first kappa shape index (κ1) is 23.0. The van der Waals surface area contributed by atoms with Crippen LogP contribution in [0.2, 0.25) is 0 Å². The molecule has 0 saturated carbocycles. The normalized spacial score (nSPS) is 11.1. The lowest BCUT2D eigenvalue weighted by Crippen LogP contribution is -2.22. The Balaban J connectivity index is 1.67. The molecule has 4 rings (SSSR count). The van der Waals surface area contributed by atoms with Gasteiger partial charge >= 0.3 is 5.97 Å². The van der Waals surface area contributed by atoms with Crippen LogP contribution < -0.4 is 5.56 Å². The molecule has 0 spiro atoms. The van der Waals surface area contributed by atoms with E-state index in [1.54, 1.807) is 40.8 Å². The molecule has 9 nitrogen and oxygen atoms in total. The van der Waals surface area contributed by atoms with Crippen LogP contribution in [0.5, 0.6) is 0 Å². The lowest BCUT2D eigenvalue weighted by Gasteiger charge is -2.09. The zero-order valence-corrected chi connectivity index (χ0v) is 20.0. The van der Waals surface area contributed by atoms with Crippen molar-refractivity contribution >= 4 is 11.8 Å². The van der Waals surface area contributed by atoms with E-state index in [1.807, 2.05) is 51.2 Å². The number of ketones is 1. The van der Waals surface area contributed by atoms with Crippen LogP contribution in [0.15, 0.2) is 45.7 Å². The van der Waals surface area contributed by atoms with E-state index in [9.17, 15) is 14.4 Å². The summed E-state index contributed by atoms with van der Waals surface area (Å²) >= 11 is 0. The largest absolute Gasteiger partial charge is 0.454 e. The molecule has 0 radical (unpaired) electrons. The van der Waals surface area contributed by atoms with E-state index in [-0.39, 0.29) is 16.9 Å². The standard InChI is InChI=1S/C25H26N4O5/c1-14-12-20(21(30)13-33-25(32)22-15(2)26-34-18(22)5)16(3)28(14)23-17(4)27(6)29(24(23)31)19-10-8-7-9-11-19/h7-12H,13H2,1-6H3. The van der Waals surface area contributed by atoms with E-state index >= 15 is 0 Å². The third kappa shape index (κ3) is 3.68. The number of hydrogen-bond donors (Lipinski definition) is 0. The quantitative estimate of drug-likeness (QED) is 0.321. The molecular formula is C25H26N4O5. The first-order valence-electron chi connectivity index (χ1n) is 10.8. The van der Waals surface area contributed by atoms with Gasteiger partial charge in [-0.15, -0.1) is 0 Å². The predicted molar refractivity (Wildman–Crippen MR) is 125 cm³/mol. The van der Waals surface area contributed by atoms with Gasteiger partial charge in [-0.3, -0.25) is 14.3 Å². The maximum Gasteiger partial charge on any atom is 0.344 e. The zero-order valence-electron chi connectivity index (χ0n) is 20.0. The first-order chi connectivity index (χ1) is 16.1. The van der Waals surface area contributed by atoms with Crippen LogP contribution in [0.3, 0.4) is 0 Å². The van der Waals surface area contributed by atoms with Gasteiger partial charge in [0.1, 0.15) is 17.0 Å². The van der Waals surface area contributed by atoms with Crippen LogP contribution in [0, 0.1) is 34.6 Å². The average molecular weight is 463 g/mol. The highest BCUT2D eigenvalue weighted by atomic mass is 16.5. The highest BCUT2D eigenvalue weighted by Crippen LogP contribution is 2.23. The number of Topliss-reactive ketones (excluding diaryl/α,β-unsaturated/α-hetero) is 1. The summed E-state index contributed by atoms with van der Waals surface area (Å²) in [5, 5.41) is 3.73. The molecule has 34 heavy (non-hydrogen) atoms. The third-order valence-corrected chi connectivity index (χ3v) is 6.05. The van der Waals surface area contributed by atoms with Crippen molar-refractivity contribution in [3.8, 4) is 11.4 Å². The molecule has 0 bridgehead atoms. The minimum Gasteiger partial charge on any atom is -0.454 e. The van der Waals surface area contributed by atoms with Crippen molar-refractivity contribution in [3.63, 3.8) is 0 Å². The number of benzene rings is 1. The van der Waals surface area contributed by atoms with Crippen molar-refractivity contribution in [3.05, 3.63) is 86.4 Å². The van der Waals surface area contributed by atoms with Crippen LogP contribution in [0.25, 0.3) is 11.4 Å². The van der Waals surface area contributed by atoms with Gasteiger partial charge in [0, 0.05) is 24.0 Å². The SMILES string of the molecule is Cc1noc(C)c1C(=O)OCC(=O)c1cc(C)n(-c2c(C)n(C)n(-c3ccccc3)c2=O)c1C. The number of ether oxygens (including phenoxy) is 1. The Morgan fingerprint density at radius 3 is 2.32 bits per heavy atom.